The third-order valence-electron chi connectivity index (χ3n) is 5.30. The fourth-order valence-electron chi connectivity index (χ4n) is 3.59. The van der Waals surface area contributed by atoms with Gasteiger partial charge in [0.1, 0.15) is 5.58 Å². The molecular weight excluding hydrogens is 422 g/mol. The van der Waals surface area contributed by atoms with Crippen LogP contribution in [0.2, 0.25) is 0 Å². The molecule has 6 nitrogen and oxygen atoms in total. The van der Waals surface area contributed by atoms with E-state index in [-0.39, 0.29) is 17.7 Å². The molecular formula is C25H19N3O3S. The number of thiazole rings is 1. The van der Waals surface area contributed by atoms with E-state index in [2.05, 4.69) is 4.98 Å². The molecule has 3 aromatic heterocycles. The number of nitrogens with zero attached hydrogens (tertiary/aromatic N) is 3. The largest absolute Gasteiger partial charge is 0.451 e. The number of pyridine rings is 1. The highest BCUT2D eigenvalue weighted by molar-refractivity contribution is 7.22. The van der Waals surface area contributed by atoms with E-state index in [4.69, 9.17) is 9.40 Å². The minimum absolute atomic E-state index is 0.0302. The summed E-state index contributed by atoms with van der Waals surface area (Å²) < 4.78 is 6.86. The molecule has 0 aliphatic carbocycles. The second kappa shape index (κ2) is 8.01. The lowest BCUT2D eigenvalue weighted by Crippen LogP contribution is -2.31. The van der Waals surface area contributed by atoms with Crippen LogP contribution in [0, 0.1) is 13.8 Å². The van der Waals surface area contributed by atoms with Crippen molar-refractivity contribution in [1.82, 2.24) is 9.97 Å². The Bertz CT molecular complexity index is 1480. The normalized spacial score (nSPS) is 11.2. The molecule has 0 unspecified atom stereocenters. The highest BCUT2D eigenvalue weighted by Crippen LogP contribution is 2.34. The molecule has 32 heavy (non-hydrogen) atoms. The fraction of sp³-hybridized carbons (Fsp3) is 0.120. The SMILES string of the molecule is Cc1ccc(C)c2sc(N(Cc3ccccn3)C(=O)c3cc(=O)c4ccccc4o3)nc12. The summed E-state index contributed by atoms with van der Waals surface area (Å²) in [5, 5.41) is 0.968. The summed E-state index contributed by atoms with van der Waals surface area (Å²) in [6.45, 7) is 4.23. The molecule has 0 saturated heterocycles. The number of aromatic nitrogens is 2. The molecule has 0 aliphatic rings. The third-order valence-corrected chi connectivity index (χ3v) is 6.51. The van der Waals surface area contributed by atoms with E-state index in [9.17, 15) is 9.59 Å². The maximum absolute atomic E-state index is 13.6. The number of amides is 1. The molecule has 0 atom stereocenters. The highest BCUT2D eigenvalue weighted by atomic mass is 32.1. The van der Waals surface area contributed by atoms with Gasteiger partial charge < -0.3 is 4.42 Å². The van der Waals surface area contributed by atoms with Crippen molar-refractivity contribution >= 4 is 43.6 Å². The molecule has 0 bridgehead atoms. The summed E-state index contributed by atoms with van der Waals surface area (Å²) in [6, 6.07) is 17.8. The second-order valence-corrected chi connectivity index (χ2v) is 8.53. The number of benzene rings is 2. The Labute approximate surface area is 187 Å². The molecule has 1 amide bonds. The van der Waals surface area contributed by atoms with Crippen molar-refractivity contribution in [3.05, 3.63) is 99.7 Å². The van der Waals surface area contributed by atoms with Gasteiger partial charge in [0.25, 0.3) is 5.91 Å². The van der Waals surface area contributed by atoms with Gasteiger partial charge in [-0.25, -0.2) is 4.98 Å². The Morgan fingerprint density at radius 2 is 1.81 bits per heavy atom. The maximum atomic E-state index is 13.6. The molecule has 0 N–H and O–H groups in total. The average molecular weight is 442 g/mol. The molecule has 158 valence electrons. The predicted octanol–water partition coefficient (Wildman–Crippen LogP) is 5.26. The van der Waals surface area contributed by atoms with Crippen LogP contribution in [0.4, 0.5) is 5.13 Å². The molecule has 2 aromatic carbocycles. The van der Waals surface area contributed by atoms with E-state index in [0.29, 0.717) is 21.8 Å². The summed E-state index contributed by atoms with van der Waals surface area (Å²) in [6.07, 6.45) is 1.68. The van der Waals surface area contributed by atoms with Crippen LogP contribution in [0.25, 0.3) is 21.2 Å². The number of carbonyl (C=O) groups excluding carboxylic acids is 1. The van der Waals surface area contributed by atoms with Gasteiger partial charge in [0.2, 0.25) is 0 Å². The van der Waals surface area contributed by atoms with Gasteiger partial charge in [-0.3, -0.25) is 19.5 Å². The lowest BCUT2D eigenvalue weighted by molar-refractivity contribution is 0.0958. The molecule has 5 rings (SSSR count). The first-order valence-electron chi connectivity index (χ1n) is 10.1. The Morgan fingerprint density at radius 3 is 2.59 bits per heavy atom. The fourth-order valence-corrected chi connectivity index (χ4v) is 4.70. The van der Waals surface area contributed by atoms with Gasteiger partial charge in [-0.1, -0.05) is 41.7 Å². The van der Waals surface area contributed by atoms with Crippen molar-refractivity contribution in [3.63, 3.8) is 0 Å². The summed E-state index contributed by atoms with van der Waals surface area (Å²) in [4.78, 5) is 36.9. The van der Waals surface area contributed by atoms with Crippen molar-refractivity contribution in [3.8, 4) is 0 Å². The van der Waals surface area contributed by atoms with Crippen LogP contribution in [0.1, 0.15) is 27.4 Å². The van der Waals surface area contributed by atoms with Crippen molar-refractivity contribution in [1.29, 1.82) is 0 Å². The van der Waals surface area contributed by atoms with E-state index >= 15 is 0 Å². The van der Waals surface area contributed by atoms with E-state index < -0.39 is 5.91 Å². The predicted molar refractivity (Wildman–Crippen MR) is 126 cm³/mol. The summed E-state index contributed by atoms with van der Waals surface area (Å²) in [5.74, 6) is -0.467. The van der Waals surface area contributed by atoms with Crippen LogP contribution < -0.4 is 10.3 Å². The average Bonchev–Trinajstić information content (AvgIpc) is 3.27. The summed E-state index contributed by atoms with van der Waals surface area (Å²) in [5.41, 5.74) is 3.81. The van der Waals surface area contributed by atoms with Gasteiger partial charge in [-0.05, 0) is 49.2 Å². The lowest BCUT2D eigenvalue weighted by Gasteiger charge is -2.19. The Morgan fingerprint density at radius 1 is 1.03 bits per heavy atom. The number of carbonyl (C=O) groups is 1. The Kier molecular flexibility index (Phi) is 5.03. The zero-order chi connectivity index (χ0) is 22.2. The lowest BCUT2D eigenvalue weighted by atomic mass is 10.1. The molecule has 0 radical (unpaired) electrons. The van der Waals surface area contributed by atoms with Crippen LogP contribution in [-0.2, 0) is 6.54 Å². The highest BCUT2D eigenvalue weighted by Gasteiger charge is 2.25. The zero-order valence-corrected chi connectivity index (χ0v) is 18.3. The van der Waals surface area contributed by atoms with Gasteiger partial charge in [-0.15, -0.1) is 0 Å². The monoisotopic (exact) mass is 441 g/mol. The number of fused-ring (bicyclic) bond motifs is 2. The number of para-hydroxylation sites is 1. The molecule has 0 saturated carbocycles. The van der Waals surface area contributed by atoms with Gasteiger partial charge in [0.05, 0.1) is 27.8 Å². The van der Waals surface area contributed by atoms with Gasteiger partial charge in [0.15, 0.2) is 16.3 Å². The van der Waals surface area contributed by atoms with Crippen LogP contribution in [-0.4, -0.2) is 15.9 Å². The first-order valence-corrected chi connectivity index (χ1v) is 10.9. The topological polar surface area (TPSA) is 76.3 Å². The molecule has 0 fully saturated rings. The van der Waals surface area contributed by atoms with Gasteiger partial charge >= 0.3 is 0 Å². The van der Waals surface area contributed by atoms with Crippen LogP contribution in [0.3, 0.4) is 0 Å². The Hall–Kier alpha value is -3.84. The first kappa shape index (κ1) is 20.1. The van der Waals surface area contributed by atoms with Crippen molar-refractivity contribution in [2.24, 2.45) is 0 Å². The number of anilines is 1. The Balaban J connectivity index is 1.65. The van der Waals surface area contributed by atoms with Gasteiger partial charge in [0, 0.05) is 12.3 Å². The molecule has 0 spiro atoms. The van der Waals surface area contributed by atoms with E-state index in [0.717, 1.165) is 21.3 Å². The summed E-state index contributed by atoms with van der Waals surface area (Å²) in [7, 11) is 0. The number of hydrogen-bond acceptors (Lipinski definition) is 6. The quantitative estimate of drug-likeness (QED) is 0.380. The standard InChI is InChI=1S/C25H19N3O3S/c1-15-10-11-16(2)23-22(15)27-25(32-23)28(14-17-7-5-6-12-26-17)24(30)21-13-19(29)18-8-3-4-9-20(18)31-21/h3-13H,14H2,1-2H3. The first-order chi connectivity index (χ1) is 15.5. The van der Waals surface area contributed by atoms with Crippen LogP contribution in [0.15, 0.2) is 76.1 Å². The van der Waals surface area contributed by atoms with E-state index in [1.54, 1.807) is 30.5 Å². The summed E-state index contributed by atoms with van der Waals surface area (Å²) >= 11 is 1.44. The third kappa shape index (κ3) is 3.56. The molecule has 7 heteroatoms. The minimum Gasteiger partial charge on any atom is -0.451 e. The number of hydrogen-bond donors (Lipinski definition) is 0. The number of rotatable bonds is 4. The zero-order valence-electron chi connectivity index (χ0n) is 17.5. The maximum Gasteiger partial charge on any atom is 0.296 e. The smallest absolute Gasteiger partial charge is 0.296 e. The number of aryl methyl sites for hydroxylation is 2. The van der Waals surface area contributed by atoms with Crippen molar-refractivity contribution in [2.75, 3.05) is 4.90 Å². The molecule has 5 aromatic rings. The van der Waals surface area contributed by atoms with Crippen molar-refractivity contribution in [2.45, 2.75) is 20.4 Å². The van der Waals surface area contributed by atoms with Crippen LogP contribution in [0.5, 0.6) is 0 Å². The minimum atomic E-state index is -0.437. The van der Waals surface area contributed by atoms with E-state index in [1.165, 1.54) is 22.3 Å². The second-order valence-electron chi connectivity index (χ2n) is 7.56. The van der Waals surface area contributed by atoms with Crippen LogP contribution >= 0.6 is 11.3 Å². The van der Waals surface area contributed by atoms with Crippen molar-refractivity contribution < 1.29 is 9.21 Å². The molecule has 0 aliphatic heterocycles. The van der Waals surface area contributed by atoms with E-state index in [1.807, 2.05) is 44.2 Å². The van der Waals surface area contributed by atoms with Gasteiger partial charge in [-0.2, -0.15) is 0 Å². The molecule has 3 heterocycles.